The first-order chi connectivity index (χ1) is 10.0. The summed E-state index contributed by atoms with van der Waals surface area (Å²) in [5.41, 5.74) is -0.0388. The predicted molar refractivity (Wildman–Crippen MR) is 79.2 cm³/mol. The first-order valence-electron chi connectivity index (χ1n) is 6.82. The van der Waals surface area contributed by atoms with E-state index in [9.17, 15) is 13.9 Å². The van der Waals surface area contributed by atoms with Crippen LogP contribution in [0.4, 0.5) is 8.78 Å². The molecule has 2 unspecified atom stereocenters. The maximum Gasteiger partial charge on any atom is 0.129 e. The summed E-state index contributed by atoms with van der Waals surface area (Å²) in [5, 5.41) is 14.0. The minimum atomic E-state index is -1.10. The van der Waals surface area contributed by atoms with Gasteiger partial charge in [-0.1, -0.05) is 6.92 Å². The zero-order valence-electron chi connectivity index (χ0n) is 11.9. The Kier molecular flexibility index (Phi) is 5.39. The second-order valence-corrected chi connectivity index (χ2v) is 5.98. The van der Waals surface area contributed by atoms with E-state index in [0.717, 1.165) is 29.6 Å². The zero-order valence-corrected chi connectivity index (χ0v) is 12.8. The molecule has 3 nitrogen and oxygen atoms in total. The van der Waals surface area contributed by atoms with Gasteiger partial charge in [0.15, 0.2) is 0 Å². The molecule has 21 heavy (non-hydrogen) atoms. The number of hydrogen-bond acceptors (Lipinski definition) is 4. The summed E-state index contributed by atoms with van der Waals surface area (Å²) in [4.78, 5) is 5.50. The van der Waals surface area contributed by atoms with E-state index >= 15 is 0 Å². The number of thiazole rings is 1. The largest absolute Gasteiger partial charge is 0.387 e. The number of aryl methyl sites for hydroxylation is 1. The van der Waals surface area contributed by atoms with Crippen LogP contribution in [-0.4, -0.2) is 16.6 Å². The minimum Gasteiger partial charge on any atom is -0.387 e. The van der Waals surface area contributed by atoms with Crippen LogP contribution in [0.5, 0.6) is 0 Å². The number of aliphatic hydroxyl groups excluding tert-OH is 1. The van der Waals surface area contributed by atoms with Gasteiger partial charge in [0, 0.05) is 23.2 Å². The fourth-order valence-electron chi connectivity index (χ4n) is 1.94. The van der Waals surface area contributed by atoms with E-state index in [1.807, 2.05) is 13.1 Å². The lowest BCUT2D eigenvalue weighted by molar-refractivity contribution is 0.165. The van der Waals surface area contributed by atoms with Gasteiger partial charge in [0.25, 0.3) is 0 Å². The Morgan fingerprint density at radius 3 is 2.81 bits per heavy atom. The Morgan fingerprint density at radius 1 is 1.38 bits per heavy atom. The summed E-state index contributed by atoms with van der Waals surface area (Å²) < 4.78 is 26.7. The maximum absolute atomic E-state index is 13.6. The first kappa shape index (κ1) is 16.0. The van der Waals surface area contributed by atoms with E-state index in [4.69, 9.17) is 0 Å². The van der Waals surface area contributed by atoms with Gasteiger partial charge in [-0.15, -0.1) is 11.3 Å². The van der Waals surface area contributed by atoms with Crippen molar-refractivity contribution >= 4 is 11.3 Å². The van der Waals surface area contributed by atoms with Gasteiger partial charge in [-0.2, -0.15) is 0 Å². The van der Waals surface area contributed by atoms with Crippen LogP contribution in [0.25, 0.3) is 0 Å². The van der Waals surface area contributed by atoms with Crippen LogP contribution in [0.3, 0.4) is 0 Å². The van der Waals surface area contributed by atoms with E-state index in [1.54, 1.807) is 11.3 Å². The van der Waals surface area contributed by atoms with Crippen LogP contribution in [-0.2, 0) is 6.42 Å². The second kappa shape index (κ2) is 7.06. The molecule has 1 aromatic heterocycles. The fraction of sp³-hybridized carbons (Fsp3) is 0.400. The molecular weight excluding hydrogens is 294 g/mol. The molecule has 114 valence electrons. The normalized spacial score (nSPS) is 14.1. The van der Waals surface area contributed by atoms with Crippen molar-refractivity contribution in [1.82, 2.24) is 10.3 Å². The molecule has 0 aliphatic heterocycles. The SMILES string of the molecule is CCc1cnc(C(C)NCC(O)c2cc(F)ccc2F)s1. The fourth-order valence-corrected chi connectivity index (χ4v) is 2.83. The van der Waals surface area contributed by atoms with E-state index in [1.165, 1.54) is 4.88 Å². The van der Waals surface area contributed by atoms with Crippen molar-refractivity contribution in [2.75, 3.05) is 6.54 Å². The van der Waals surface area contributed by atoms with Crippen molar-refractivity contribution < 1.29 is 13.9 Å². The highest BCUT2D eigenvalue weighted by molar-refractivity contribution is 7.11. The number of aromatic nitrogens is 1. The molecule has 0 radical (unpaired) electrons. The molecule has 0 aliphatic carbocycles. The Morgan fingerprint density at radius 2 is 2.14 bits per heavy atom. The molecule has 0 saturated carbocycles. The highest BCUT2D eigenvalue weighted by Gasteiger charge is 2.16. The highest BCUT2D eigenvalue weighted by Crippen LogP contribution is 2.22. The van der Waals surface area contributed by atoms with Gasteiger partial charge in [-0.25, -0.2) is 13.8 Å². The summed E-state index contributed by atoms with van der Waals surface area (Å²) in [6.07, 6.45) is 1.66. The van der Waals surface area contributed by atoms with Crippen molar-refractivity contribution in [3.05, 3.63) is 51.5 Å². The number of nitrogens with one attached hydrogen (secondary N) is 1. The topological polar surface area (TPSA) is 45.2 Å². The van der Waals surface area contributed by atoms with Crippen LogP contribution in [0.1, 0.15) is 41.4 Å². The van der Waals surface area contributed by atoms with Gasteiger partial charge in [0.05, 0.1) is 12.1 Å². The van der Waals surface area contributed by atoms with E-state index < -0.39 is 17.7 Å². The Bertz CT molecular complexity index is 603. The van der Waals surface area contributed by atoms with Crippen LogP contribution >= 0.6 is 11.3 Å². The second-order valence-electron chi connectivity index (χ2n) is 4.83. The molecule has 0 spiro atoms. The zero-order chi connectivity index (χ0) is 15.4. The van der Waals surface area contributed by atoms with Crippen molar-refractivity contribution in [2.45, 2.75) is 32.4 Å². The molecule has 6 heteroatoms. The average Bonchev–Trinajstić information content (AvgIpc) is 2.96. The quantitative estimate of drug-likeness (QED) is 0.859. The van der Waals surface area contributed by atoms with Crippen molar-refractivity contribution in [2.24, 2.45) is 0 Å². The number of hydrogen-bond donors (Lipinski definition) is 2. The van der Waals surface area contributed by atoms with Gasteiger partial charge >= 0.3 is 0 Å². The van der Waals surface area contributed by atoms with Crippen LogP contribution in [0.2, 0.25) is 0 Å². The maximum atomic E-state index is 13.6. The molecule has 0 fully saturated rings. The van der Waals surface area contributed by atoms with Crippen molar-refractivity contribution in [3.63, 3.8) is 0 Å². The van der Waals surface area contributed by atoms with E-state index in [2.05, 4.69) is 17.2 Å². The summed E-state index contributed by atoms with van der Waals surface area (Å²) >= 11 is 1.60. The summed E-state index contributed by atoms with van der Waals surface area (Å²) in [5.74, 6) is -1.17. The third-order valence-corrected chi connectivity index (χ3v) is 4.55. The molecule has 0 amide bonds. The molecule has 0 aliphatic rings. The lowest BCUT2D eigenvalue weighted by Gasteiger charge is -2.16. The molecule has 0 saturated heterocycles. The lowest BCUT2D eigenvalue weighted by atomic mass is 10.1. The Balaban J connectivity index is 1.97. The molecular formula is C15H18F2N2OS. The molecule has 0 bridgehead atoms. The first-order valence-corrected chi connectivity index (χ1v) is 7.64. The number of halogens is 2. The predicted octanol–water partition coefficient (Wildman–Crippen LogP) is 3.37. The molecule has 2 aromatic rings. The van der Waals surface area contributed by atoms with E-state index in [-0.39, 0.29) is 18.2 Å². The highest BCUT2D eigenvalue weighted by atomic mass is 32.1. The standard InChI is InChI=1S/C15H18F2N2OS/c1-3-11-7-19-15(21-11)9(2)18-8-14(20)12-6-10(16)4-5-13(12)17/h4-7,9,14,18,20H,3,8H2,1-2H3. The molecule has 2 atom stereocenters. The summed E-state index contributed by atoms with van der Waals surface area (Å²) in [6.45, 7) is 4.11. The van der Waals surface area contributed by atoms with Crippen LogP contribution in [0.15, 0.2) is 24.4 Å². The Hall–Kier alpha value is -1.37. The third-order valence-electron chi connectivity index (χ3n) is 3.22. The third kappa shape index (κ3) is 4.06. The monoisotopic (exact) mass is 312 g/mol. The van der Waals surface area contributed by atoms with Crippen molar-refractivity contribution in [1.29, 1.82) is 0 Å². The van der Waals surface area contributed by atoms with Gasteiger partial charge in [0.1, 0.15) is 16.6 Å². The molecule has 1 heterocycles. The Labute approximate surface area is 126 Å². The van der Waals surface area contributed by atoms with Crippen molar-refractivity contribution in [3.8, 4) is 0 Å². The summed E-state index contributed by atoms with van der Waals surface area (Å²) in [6, 6.07) is 3.02. The van der Waals surface area contributed by atoms with Gasteiger partial charge < -0.3 is 10.4 Å². The summed E-state index contributed by atoms with van der Waals surface area (Å²) in [7, 11) is 0. The number of aliphatic hydroxyl groups is 1. The average molecular weight is 312 g/mol. The molecule has 2 N–H and O–H groups in total. The van der Waals surface area contributed by atoms with Crippen LogP contribution in [0, 0.1) is 11.6 Å². The smallest absolute Gasteiger partial charge is 0.129 e. The minimum absolute atomic E-state index is 0.0388. The number of nitrogens with zero attached hydrogens (tertiary/aromatic N) is 1. The number of rotatable bonds is 6. The van der Waals surface area contributed by atoms with E-state index in [0.29, 0.717) is 0 Å². The van der Waals surface area contributed by atoms with Crippen LogP contribution < -0.4 is 5.32 Å². The lowest BCUT2D eigenvalue weighted by Crippen LogP contribution is -2.25. The van der Waals surface area contributed by atoms with Gasteiger partial charge in [-0.3, -0.25) is 0 Å². The van der Waals surface area contributed by atoms with Gasteiger partial charge in [-0.05, 0) is 31.5 Å². The molecule has 2 rings (SSSR count). The molecule has 1 aromatic carbocycles. The van der Waals surface area contributed by atoms with Gasteiger partial charge in [0.2, 0.25) is 0 Å². The number of benzene rings is 1.